The van der Waals surface area contributed by atoms with E-state index in [0.717, 1.165) is 11.5 Å². The van der Waals surface area contributed by atoms with Crippen molar-refractivity contribution in [2.75, 3.05) is 17.3 Å². The van der Waals surface area contributed by atoms with E-state index in [2.05, 4.69) is 26.1 Å². The van der Waals surface area contributed by atoms with Crippen LogP contribution in [0.3, 0.4) is 0 Å². The second-order valence-electron chi connectivity index (χ2n) is 2.67. The van der Waals surface area contributed by atoms with Gasteiger partial charge in [0.2, 0.25) is 0 Å². The van der Waals surface area contributed by atoms with E-state index in [-0.39, 0.29) is 0 Å². The zero-order chi connectivity index (χ0) is 8.53. The van der Waals surface area contributed by atoms with Crippen molar-refractivity contribution < 1.29 is 0 Å². The summed E-state index contributed by atoms with van der Waals surface area (Å²) in [6.45, 7) is 6.13. The van der Waals surface area contributed by atoms with Gasteiger partial charge in [-0.15, -0.1) is 0 Å². The fraction of sp³-hybridized carbons (Fsp3) is 0.778. The largest absolute Gasteiger partial charge is 0.175 e. The Kier molecular flexibility index (Phi) is 8.88. The molecule has 0 rings (SSSR count). The summed E-state index contributed by atoms with van der Waals surface area (Å²) < 4.78 is 0. The summed E-state index contributed by atoms with van der Waals surface area (Å²) in [7, 11) is 0. The molecular weight excluding hydrogens is 172 g/mol. The maximum Gasteiger partial charge on any atom is 0.0148 e. The Hall–Kier alpha value is 0.440. The van der Waals surface area contributed by atoms with Gasteiger partial charge in [-0.25, -0.2) is 0 Å². The van der Waals surface area contributed by atoms with Crippen molar-refractivity contribution in [3.8, 4) is 0 Å². The fourth-order valence-corrected chi connectivity index (χ4v) is 1.92. The Labute approximate surface area is 80.2 Å². The number of thiol groups is 1. The lowest BCUT2D eigenvalue weighted by molar-refractivity contribution is 0.779. The quantitative estimate of drug-likeness (QED) is 0.365. The minimum absolute atomic E-state index is 0.834. The van der Waals surface area contributed by atoms with Crippen LogP contribution in [0.1, 0.15) is 26.2 Å². The molecule has 0 aromatic heterocycles. The third-order valence-electron chi connectivity index (χ3n) is 1.42. The highest BCUT2D eigenvalue weighted by Crippen LogP contribution is 2.10. The molecule has 0 aliphatic rings. The molecule has 0 spiro atoms. The highest BCUT2D eigenvalue weighted by molar-refractivity contribution is 7.99. The minimum Gasteiger partial charge on any atom is -0.175 e. The summed E-state index contributed by atoms with van der Waals surface area (Å²) >= 11 is 6.12. The molecule has 0 radical (unpaired) electrons. The second-order valence-corrected chi connectivity index (χ2v) is 4.09. The maximum atomic E-state index is 4.15. The molecule has 0 N–H and O–H groups in total. The first-order chi connectivity index (χ1) is 5.31. The molecule has 0 heterocycles. The standard InChI is InChI=1S/C9H18S2/c1-3-4-5-6-11-8-9(2)7-10/h10H,2-8H2,1H3. The van der Waals surface area contributed by atoms with Crippen LogP contribution >= 0.6 is 24.4 Å². The lowest BCUT2D eigenvalue weighted by atomic mass is 10.3. The van der Waals surface area contributed by atoms with Gasteiger partial charge in [0.15, 0.2) is 0 Å². The molecule has 2 heteroatoms. The molecule has 0 unspecified atom stereocenters. The Bertz CT molecular complexity index is 99.7. The fourth-order valence-electron chi connectivity index (χ4n) is 0.716. The van der Waals surface area contributed by atoms with Crippen molar-refractivity contribution in [1.82, 2.24) is 0 Å². The average Bonchev–Trinajstić information content (AvgIpc) is 2.04. The molecule has 0 aromatic carbocycles. The first-order valence-corrected chi connectivity index (χ1v) is 5.95. The Balaban J connectivity index is 2.95. The smallest absolute Gasteiger partial charge is 0.0148 e. The lowest BCUT2D eigenvalue weighted by Crippen LogP contribution is -1.88. The van der Waals surface area contributed by atoms with Gasteiger partial charge in [-0.1, -0.05) is 31.9 Å². The summed E-state index contributed by atoms with van der Waals surface area (Å²) in [6, 6.07) is 0. The van der Waals surface area contributed by atoms with Gasteiger partial charge in [-0.2, -0.15) is 24.4 Å². The Morgan fingerprint density at radius 1 is 1.45 bits per heavy atom. The number of hydrogen-bond donors (Lipinski definition) is 1. The SMILES string of the molecule is C=C(CS)CSCCCCC. The summed E-state index contributed by atoms with van der Waals surface area (Å²) in [5, 5.41) is 0. The van der Waals surface area contributed by atoms with Gasteiger partial charge in [-0.05, 0) is 12.2 Å². The van der Waals surface area contributed by atoms with Crippen molar-refractivity contribution in [2.45, 2.75) is 26.2 Å². The van der Waals surface area contributed by atoms with Crippen molar-refractivity contribution in [3.63, 3.8) is 0 Å². The summed E-state index contributed by atoms with van der Waals surface area (Å²) in [6.07, 6.45) is 4.02. The van der Waals surface area contributed by atoms with Crippen LogP contribution < -0.4 is 0 Å². The third-order valence-corrected chi connectivity index (χ3v) is 3.06. The number of rotatable bonds is 7. The van der Waals surface area contributed by atoms with Gasteiger partial charge < -0.3 is 0 Å². The molecule has 66 valence electrons. The normalized spacial score (nSPS) is 10.0. The number of thioether (sulfide) groups is 1. The molecule has 11 heavy (non-hydrogen) atoms. The Morgan fingerprint density at radius 3 is 2.73 bits per heavy atom. The van der Waals surface area contributed by atoms with Crippen LogP contribution in [0, 0.1) is 0 Å². The molecule has 0 nitrogen and oxygen atoms in total. The van der Waals surface area contributed by atoms with Crippen molar-refractivity contribution >= 4 is 24.4 Å². The summed E-state index contributed by atoms with van der Waals surface area (Å²) in [4.78, 5) is 0. The van der Waals surface area contributed by atoms with Crippen molar-refractivity contribution in [3.05, 3.63) is 12.2 Å². The van der Waals surface area contributed by atoms with Gasteiger partial charge in [0.05, 0.1) is 0 Å². The first-order valence-electron chi connectivity index (χ1n) is 4.16. The summed E-state index contributed by atoms with van der Waals surface area (Å²) in [5.74, 6) is 3.20. The average molecular weight is 190 g/mol. The van der Waals surface area contributed by atoms with Gasteiger partial charge in [-0.3, -0.25) is 0 Å². The first kappa shape index (κ1) is 11.4. The van der Waals surface area contributed by atoms with Gasteiger partial charge in [0.1, 0.15) is 0 Å². The highest BCUT2D eigenvalue weighted by atomic mass is 32.2. The molecule has 0 bridgehead atoms. The van der Waals surface area contributed by atoms with Crippen LogP contribution in [0.5, 0.6) is 0 Å². The lowest BCUT2D eigenvalue weighted by Gasteiger charge is -2.01. The monoisotopic (exact) mass is 190 g/mol. The van der Waals surface area contributed by atoms with Crippen LogP contribution in [0.15, 0.2) is 12.2 Å². The van der Waals surface area contributed by atoms with E-state index in [0.29, 0.717) is 0 Å². The topological polar surface area (TPSA) is 0 Å². The van der Waals surface area contributed by atoms with Crippen LogP contribution in [0.25, 0.3) is 0 Å². The third kappa shape index (κ3) is 8.35. The van der Waals surface area contributed by atoms with Crippen LogP contribution in [0.2, 0.25) is 0 Å². The van der Waals surface area contributed by atoms with E-state index in [1.54, 1.807) is 0 Å². The highest BCUT2D eigenvalue weighted by Gasteiger charge is 1.91. The zero-order valence-electron chi connectivity index (χ0n) is 7.31. The number of hydrogen-bond acceptors (Lipinski definition) is 2. The van der Waals surface area contributed by atoms with Gasteiger partial charge in [0, 0.05) is 11.5 Å². The molecule has 0 aromatic rings. The zero-order valence-corrected chi connectivity index (χ0v) is 9.02. The van der Waals surface area contributed by atoms with Crippen LogP contribution in [-0.4, -0.2) is 17.3 Å². The van der Waals surface area contributed by atoms with E-state index < -0.39 is 0 Å². The molecule has 0 saturated carbocycles. The van der Waals surface area contributed by atoms with Crippen LogP contribution in [-0.2, 0) is 0 Å². The predicted molar refractivity (Wildman–Crippen MR) is 59.8 cm³/mol. The van der Waals surface area contributed by atoms with Gasteiger partial charge in [0.25, 0.3) is 0 Å². The van der Waals surface area contributed by atoms with E-state index in [9.17, 15) is 0 Å². The summed E-state index contributed by atoms with van der Waals surface area (Å²) in [5.41, 5.74) is 1.25. The van der Waals surface area contributed by atoms with E-state index >= 15 is 0 Å². The molecule has 0 amide bonds. The van der Waals surface area contributed by atoms with E-state index in [1.165, 1.54) is 30.6 Å². The minimum atomic E-state index is 0.834. The molecule has 0 aliphatic carbocycles. The Morgan fingerprint density at radius 2 is 2.18 bits per heavy atom. The van der Waals surface area contributed by atoms with Crippen LogP contribution in [0.4, 0.5) is 0 Å². The van der Waals surface area contributed by atoms with Crippen molar-refractivity contribution in [1.29, 1.82) is 0 Å². The van der Waals surface area contributed by atoms with Crippen molar-refractivity contribution in [2.24, 2.45) is 0 Å². The maximum absolute atomic E-state index is 4.15. The predicted octanol–water partition coefficient (Wildman–Crippen LogP) is 3.40. The van der Waals surface area contributed by atoms with E-state index in [4.69, 9.17) is 0 Å². The molecular formula is C9H18S2. The van der Waals surface area contributed by atoms with Gasteiger partial charge >= 0.3 is 0 Å². The molecule has 0 fully saturated rings. The number of unbranched alkanes of at least 4 members (excludes halogenated alkanes) is 2. The molecule has 0 saturated heterocycles. The second kappa shape index (κ2) is 8.54. The molecule has 0 aliphatic heterocycles. The van der Waals surface area contributed by atoms with E-state index in [1.807, 2.05) is 11.8 Å². The molecule has 0 atom stereocenters.